The van der Waals surface area contributed by atoms with Gasteiger partial charge < -0.3 is 19.7 Å². The van der Waals surface area contributed by atoms with Crippen LogP contribution in [-0.2, 0) is 17.8 Å². The fraction of sp³-hybridized carbons (Fsp3) is 0.231. The van der Waals surface area contributed by atoms with Gasteiger partial charge in [0.25, 0.3) is 5.89 Å². The molecule has 0 fully saturated rings. The lowest BCUT2D eigenvalue weighted by atomic mass is 10.1. The molecular formula is C26H27ClN3O3+. The van der Waals surface area contributed by atoms with Gasteiger partial charge in [-0.05, 0) is 17.2 Å². The topological polar surface area (TPSA) is 85.0 Å². The number of aromatic nitrogens is 2. The van der Waals surface area contributed by atoms with Crippen LogP contribution in [0.15, 0.2) is 89.5 Å². The van der Waals surface area contributed by atoms with E-state index in [-0.39, 0.29) is 12.6 Å². The molecular weight excluding hydrogens is 438 g/mol. The molecule has 2 atom stereocenters. The third kappa shape index (κ3) is 6.73. The fourth-order valence-corrected chi connectivity index (χ4v) is 3.73. The largest absolute Gasteiger partial charge is 0.385 e. The summed E-state index contributed by atoms with van der Waals surface area (Å²) in [6.07, 6.45) is 0.0482. The molecule has 3 aromatic carbocycles. The number of ether oxygens (including phenoxy) is 1. The number of aliphatic hydroxyl groups excluding tert-OH is 1. The van der Waals surface area contributed by atoms with Gasteiger partial charge in [0.15, 0.2) is 6.04 Å². The lowest BCUT2D eigenvalue weighted by Gasteiger charge is -2.15. The molecule has 0 aliphatic rings. The standard InChI is InChI=1S/C26H26ClN3O3/c27-23-14-8-7-13-21(23)17-32-18-22(31)16-28-24(15-19-9-3-1-4-10-19)26-29-25(30-33-26)20-11-5-2-6-12-20/h1-14,22,24,28,31H,15-18H2/p+1/t22-,24+/m0/s1. The zero-order chi connectivity index (χ0) is 22.9. The number of benzene rings is 3. The molecule has 3 N–H and O–H groups in total. The van der Waals surface area contributed by atoms with Crippen LogP contribution in [0.3, 0.4) is 0 Å². The van der Waals surface area contributed by atoms with Crippen LogP contribution in [-0.4, -0.2) is 34.5 Å². The second-order valence-electron chi connectivity index (χ2n) is 7.85. The lowest BCUT2D eigenvalue weighted by Crippen LogP contribution is -2.88. The van der Waals surface area contributed by atoms with Crippen LogP contribution in [0.4, 0.5) is 0 Å². The predicted molar refractivity (Wildman–Crippen MR) is 127 cm³/mol. The highest BCUT2D eigenvalue weighted by Crippen LogP contribution is 2.19. The molecule has 0 unspecified atom stereocenters. The van der Waals surface area contributed by atoms with Gasteiger partial charge >= 0.3 is 0 Å². The van der Waals surface area contributed by atoms with Gasteiger partial charge in [0.1, 0.15) is 12.6 Å². The smallest absolute Gasteiger partial charge is 0.285 e. The Morgan fingerprint density at radius 3 is 2.39 bits per heavy atom. The second-order valence-corrected chi connectivity index (χ2v) is 8.26. The van der Waals surface area contributed by atoms with Gasteiger partial charge in [-0.3, -0.25) is 0 Å². The van der Waals surface area contributed by atoms with Gasteiger partial charge in [0, 0.05) is 17.0 Å². The average molecular weight is 465 g/mol. The van der Waals surface area contributed by atoms with Crippen LogP contribution in [0.1, 0.15) is 23.1 Å². The van der Waals surface area contributed by atoms with E-state index >= 15 is 0 Å². The molecule has 1 heterocycles. The minimum absolute atomic E-state index is 0.129. The van der Waals surface area contributed by atoms with Crippen molar-refractivity contribution in [1.29, 1.82) is 0 Å². The number of aliphatic hydroxyl groups is 1. The van der Waals surface area contributed by atoms with Gasteiger partial charge in [-0.2, -0.15) is 4.98 Å². The van der Waals surface area contributed by atoms with Crippen molar-refractivity contribution in [1.82, 2.24) is 10.1 Å². The highest BCUT2D eigenvalue weighted by Gasteiger charge is 2.24. The van der Waals surface area contributed by atoms with Crippen molar-refractivity contribution in [3.8, 4) is 11.4 Å². The number of hydrogen-bond acceptors (Lipinski definition) is 5. The number of halogens is 1. The molecule has 33 heavy (non-hydrogen) atoms. The normalized spacial score (nSPS) is 13.0. The Bertz CT molecular complexity index is 1120. The van der Waals surface area contributed by atoms with Crippen LogP contribution in [0, 0.1) is 0 Å². The zero-order valence-electron chi connectivity index (χ0n) is 18.2. The summed E-state index contributed by atoms with van der Waals surface area (Å²) < 4.78 is 11.3. The molecule has 0 bridgehead atoms. The molecule has 0 amide bonds. The number of nitrogens with zero attached hydrogens (tertiary/aromatic N) is 2. The quantitative estimate of drug-likeness (QED) is 0.352. The van der Waals surface area contributed by atoms with Crippen molar-refractivity contribution in [2.75, 3.05) is 13.2 Å². The summed E-state index contributed by atoms with van der Waals surface area (Å²) in [6.45, 7) is 0.996. The maximum absolute atomic E-state index is 10.5. The molecule has 0 spiro atoms. The molecule has 0 aliphatic heterocycles. The number of nitrogens with two attached hydrogens (primary N) is 1. The first-order valence-corrected chi connectivity index (χ1v) is 11.3. The minimum atomic E-state index is -0.651. The van der Waals surface area contributed by atoms with E-state index in [0.29, 0.717) is 36.3 Å². The monoisotopic (exact) mass is 464 g/mol. The van der Waals surface area contributed by atoms with Gasteiger partial charge in [-0.1, -0.05) is 95.6 Å². The number of quaternary nitrogens is 1. The Balaban J connectivity index is 1.38. The van der Waals surface area contributed by atoms with E-state index in [4.69, 9.17) is 20.9 Å². The van der Waals surface area contributed by atoms with Crippen molar-refractivity contribution in [2.45, 2.75) is 25.2 Å². The Morgan fingerprint density at radius 2 is 1.64 bits per heavy atom. The van der Waals surface area contributed by atoms with E-state index in [9.17, 15) is 5.11 Å². The SMILES string of the molecule is O[C@@H](C[NH2+][C@H](Cc1ccccc1)c1nc(-c2ccccc2)no1)COCc1ccccc1Cl. The summed E-state index contributed by atoms with van der Waals surface area (Å²) in [4.78, 5) is 4.63. The zero-order valence-corrected chi connectivity index (χ0v) is 18.9. The lowest BCUT2D eigenvalue weighted by molar-refractivity contribution is -0.704. The maximum Gasteiger partial charge on any atom is 0.285 e. The summed E-state index contributed by atoms with van der Waals surface area (Å²) in [5, 5.41) is 17.3. The molecule has 4 aromatic rings. The van der Waals surface area contributed by atoms with E-state index in [0.717, 1.165) is 16.7 Å². The minimum Gasteiger partial charge on any atom is -0.385 e. The number of hydrogen-bond donors (Lipinski definition) is 2. The predicted octanol–water partition coefficient (Wildman–Crippen LogP) is 3.81. The molecule has 170 valence electrons. The molecule has 7 heteroatoms. The third-order valence-corrected chi connectivity index (χ3v) is 5.68. The molecule has 6 nitrogen and oxygen atoms in total. The Labute approximate surface area is 198 Å². The van der Waals surface area contributed by atoms with Crippen molar-refractivity contribution >= 4 is 11.6 Å². The van der Waals surface area contributed by atoms with Crippen molar-refractivity contribution < 1.29 is 19.7 Å². The highest BCUT2D eigenvalue weighted by atomic mass is 35.5. The van der Waals surface area contributed by atoms with E-state index < -0.39 is 6.10 Å². The van der Waals surface area contributed by atoms with Gasteiger partial charge in [0.05, 0.1) is 13.2 Å². The van der Waals surface area contributed by atoms with Crippen LogP contribution in [0.25, 0.3) is 11.4 Å². The third-order valence-electron chi connectivity index (χ3n) is 5.31. The average Bonchev–Trinajstić information content (AvgIpc) is 3.34. The van der Waals surface area contributed by atoms with Crippen molar-refractivity contribution in [3.63, 3.8) is 0 Å². The molecule has 0 aliphatic carbocycles. The first kappa shape index (κ1) is 23.1. The van der Waals surface area contributed by atoms with Crippen molar-refractivity contribution in [3.05, 3.63) is 107 Å². The van der Waals surface area contributed by atoms with Crippen LogP contribution >= 0.6 is 11.6 Å². The van der Waals surface area contributed by atoms with Gasteiger partial charge in [-0.25, -0.2) is 0 Å². The Kier molecular flexibility index (Phi) is 8.22. The number of rotatable bonds is 11. The van der Waals surface area contributed by atoms with E-state index in [1.165, 1.54) is 0 Å². The Morgan fingerprint density at radius 1 is 0.939 bits per heavy atom. The van der Waals surface area contributed by atoms with E-state index in [1.807, 2.05) is 78.1 Å². The molecule has 0 radical (unpaired) electrons. The molecule has 0 saturated carbocycles. The van der Waals surface area contributed by atoms with Gasteiger partial charge in [-0.15, -0.1) is 0 Å². The van der Waals surface area contributed by atoms with Crippen LogP contribution < -0.4 is 5.32 Å². The summed E-state index contributed by atoms with van der Waals surface area (Å²) in [7, 11) is 0. The maximum atomic E-state index is 10.5. The van der Waals surface area contributed by atoms with Crippen LogP contribution in [0.2, 0.25) is 5.02 Å². The first-order chi connectivity index (χ1) is 16.2. The molecule has 1 aromatic heterocycles. The van der Waals surface area contributed by atoms with Crippen molar-refractivity contribution in [2.24, 2.45) is 0 Å². The van der Waals surface area contributed by atoms with E-state index in [2.05, 4.69) is 22.3 Å². The fourth-order valence-electron chi connectivity index (χ4n) is 3.54. The summed E-state index contributed by atoms with van der Waals surface area (Å²) in [5.74, 6) is 1.09. The second kappa shape index (κ2) is 11.7. The highest BCUT2D eigenvalue weighted by molar-refractivity contribution is 6.31. The Hall–Kier alpha value is -3.03. The summed E-state index contributed by atoms with van der Waals surface area (Å²) >= 11 is 6.16. The van der Waals surface area contributed by atoms with Crippen LogP contribution in [0.5, 0.6) is 0 Å². The first-order valence-electron chi connectivity index (χ1n) is 10.9. The molecule has 0 saturated heterocycles. The summed E-state index contributed by atoms with van der Waals surface area (Å²) in [6, 6.07) is 27.3. The molecule has 4 rings (SSSR count). The van der Waals surface area contributed by atoms with Gasteiger partial charge in [0.2, 0.25) is 5.82 Å². The summed E-state index contributed by atoms with van der Waals surface area (Å²) in [5.41, 5.74) is 2.96. The van der Waals surface area contributed by atoms with E-state index in [1.54, 1.807) is 0 Å².